The number of amides is 1. The Labute approximate surface area is 149 Å². The van der Waals surface area contributed by atoms with Gasteiger partial charge in [-0.3, -0.25) is 4.79 Å². The maximum absolute atomic E-state index is 12.9. The van der Waals surface area contributed by atoms with Crippen LogP contribution in [0.5, 0.6) is 0 Å². The Balaban J connectivity index is 3.03. The third-order valence-corrected chi connectivity index (χ3v) is 4.35. The Morgan fingerprint density at radius 1 is 1.20 bits per heavy atom. The van der Waals surface area contributed by atoms with Gasteiger partial charge in [-0.1, -0.05) is 20.8 Å². The molecule has 0 aliphatic carbocycles. The summed E-state index contributed by atoms with van der Waals surface area (Å²) in [6, 6.07) is -0.303. The van der Waals surface area contributed by atoms with Crippen molar-refractivity contribution in [2.24, 2.45) is 11.3 Å². The van der Waals surface area contributed by atoms with E-state index in [1.807, 2.05) is 20.8 Å². The van der Waals surface area contributed by atoms with Crippen LogP contribution in [0.2, 0.25) is 0 Å². The van der Waals surface area contributed by atoms with E-state index in [9.17, 15) is 19.5 Å². The smallest absolute Gasteiger partial charge is 0.407 e. The van der Waals surface area contributed by atoms with E-state index in [1.54, 1.807) is 13.8 Å². The summed E-state index contributed by atoms with van der Waals surface area (Å²) < 4.78 is 10.1. The summed E-state index contributed by atoms with van der Waals surface area (Å²) in [6.07, 6.45) is 0.926. The van der Waals surface area contributed by atoms with Crippen molar-refractivity contribution < 1.29 is 29.0 Å². The van der Waals surface area contributed by atoms with Gasteiger partial charge >= 0.3 is 12.1 Å². The molecule has 142 valence electrons. The van der Waals surface area contributed by atoms with E-state index in [0.29, 0.717) is 19.4 Å². The van der Waals surface area contributed by atoms with Crippen molar-refractivity contribution in [3.8, 4) is 0 Å². The van der Waals surface area contributed by atoms with Gasteiger partial charge in [0.15, 0.2) is 5.78 Å². The second kappa shape index (κ2) is 8.87. The molecule has 0 aromatic carbocycles. The number of Topliss-reactive ketones (excluding diaryl/α,β-unsaturated/α-hetero) is 1. The molecule has 0 aromatic rings. The zero-order valence-corrected chi connectivity index (χ0v) is 15.7. The van der Waals surface area contributed by atoms with Gasteiger partial charge < -0.3 is 19.5 Å². The highest BCUT2D eigenvalue weighted by Crippen LogP contribution is 2.35. The molecule has 7 heteroatoms. The molecule has 1 N–H and O–H groups in total. The molecular weight excluding hydrogens is 326 g/mol. The monoisotopic (exact) mass is 355 g/mol. The highest BCUT2D eigenvalue weighted by atomic mass is 16.5. The largest absolute Gasteiger partial charge is 0.500 e. The van der Waals surface area contributed by atoms with Crippen LogP contribution in [0.4, 0.5) is 4.79 Å². The SMILES string of the molecule is CCO/C=C(\C(=O)OCC)C(=O)C1CCN(C(=O)O)C(C(C)(C)C)C1. The molecule has 25 heavy (non-hydrogen) atoms. The minimum absolute atomic E-state index is 0.106. The van der Waals surface area contributed by atoms with Crippen LogP contribution in [-0.4, -0.2) is 53.7 Å². The van der Waals surface area contributed by atoms with E-state index in [0.717, 1.165) is 6.26 Å². The van der Waals surface area contributed by atoms with Gasteiger partial charge in [-0.2, -0.15) is 0 Å². The Bertz CT molecular complexity index is 534. The molecule has 1 saturated heterocycles. The van der Waals surface area contributed by atoms with Crippen molar-refractivity contribution in [3.05, 3.63) is 11.8 Å². The molecule has 0 saturated carbocycles. The molecular formula is C18H29NO6. The van der Waals surface area contributed by atoms with Crippen molar-refractivity contribution in [2.45, 2.75) is 53.5 Å². The van der Waals surface area contributed by atoms with Crippen molar-refractivity contribution in [2.75, 3.05) is 19.8 Å². The fourth-order valence-electron chi connectivity index (χ4n) is 3.06. The van der Waals surface area contributed by atoms with Crippen LogP contribution >= 0.6 is 0 Å². The number of ketones is 1. The molecule has 0 bridgehead atoms. The topological polar surface area (TPSA) is 93.1 Å². The first kappa shape index (κ1) is 21.0. The van der Waals surface area contributed by atoms with Gasteiger partial charge in [0.2, 0.25) is 0 Å². The van der Waals surface area contributed by atoms with E-state index < -0.39 is 18.0 Å². The molecule has 1 aliphatic rings. The number of piperidine rings is 1. The van der Waals surface area contributed by atoms with E-state index in [1.165, 1.54) is 4.90 Å². The van der Waals surface area contributed by atoms with Gasteiger partial charge in [-0.25, -0.2) is 9.59 Å². The zero-order valence-electron chi connectivity index (χ0n) is 15.7. The van der Waals surface area contributed by atoms with Crippen LogP contribution in [-0.2, 0) is 19.1 Å². The van der Waals surface area contributed by atoms with Crippen LogP contribution < -0.4 is 0 Å². The molecule has 1 aliphatic heterocycles. The Morgan fingerprint density at radius 3 is 2.32 bits per heavy atom. The number of hydrogen-bond donors (Lipinski definition) is 1. The van der Waals surface area contributed by atoms with Gasteiger partial charge in [0.05, 0.1) is 13.2 Å². The average molecular weight is 355 g/mol. The number of ether oxygens (including phenoxy) is 2. The lowest BCUT2D eigenvalue weighted by molar-refractivity contribution is -0.141. The Morgan fingerprint density at radius 2 is 1.84 bits per heavy atom. The Kier molecular flexibility index (Phi) is 7.45. The second-order valence-corrected chi connectivity index (χ2v) is 7.15. The first-order chi connectivity index (χ1) is 11.6. The lowest BCUT2D eigenvalue weighted by Crippen LogP contribution is -2.52. The molecule has 1 rings (SSSR count). The summed E-state index contributed by atoms with van der Waals surface area (Å²) >= 11 is 0. The van der Waals surface area contributed by atoms with Crippen LogP contribution in [0.3, 0.4) is 0 Å². The number of hydrogen-bond acceptors (Lipinski definition) is 5. The predicted molar refractivity (Wildman–Crippen MR) is 92.0 cm³/mol. The molecule has 1 heterocycles. The highest BCUT2D eigenvalue weighted by molar-refractivity contribution is 6.17. The van der Waals surface area contributed by atoms with Gasteiger partial charge in [0.25, 0.3) is 0 Å². The lowest BCUT2D eigenvalue weighted by Gasteiger charge is -2.44. The highest BCUT2D eigenvalue weighted by Gasteiger charge is 2.42. The van der Waals surface area contributed by atoms with E-state index in [2.05, 4.69) is 0 Å². The summed E-state index contributed by atoms with van der Waals surface area (Å²) in [5.74, 6) is -1.48. The van der Waals surface area contributed by atoms with Gasteiger partial charge in [0.1, 0.15) is 11.8 Å². The number of carbonyl (C=O) groups excluding carboxylic acids is 2. The summed E-state index contributed by atoms with van der Waals surface area (Å²) in [5, 5.41) is 9.42. The fourth-order valence-corrected chi connectivity index (χ4v) is 3.06. The normalized spacial score (nSPS) is 21.6. The molecule has 1 amide bonds. The number of esters is 1. The fraction of sp³-hybridized carbons (Fsp3) is 0.722. The van der Waals surface area contributed by atoms with E-state index >= 15 is 0 Å². The number of likely N-dealkylation sites (tertiary alicyclic amines) is 1. The van der Waals surface area contributed by atoms with E-state index in [-0.39, 0.29) is 36.0 Å². The predicted octanol–water partition coefficient (Wildman–Crippen LogP) is 2.84. The van der Waals surface area contributed by atoms with Crippen molar-refractivity contribution in [1.82, 2.24) is 4.90 Å². The number of rotatable bonds is 6. The molecule has 0 radical (unpaired) electrons. The van der Waals surface area contributed by atoms with Gasteiger partial charge in [0, 0.05) is 18.5 Å². The quantitative estimate of drug-likeness (QED) is 0.259. The van der Waals surface area contributed by atoms with Gasteiger partial charge in [-0.05, 0) is 32.1 Å². The molecule has 2 atom stereocenters. The minimum atomic E-state index is -0.985. The zero-order chi connectivity index (χ0) is 19.2. The second-order valence-electron chi connectivity index (χ2n) is 7.15. The Hall–Kier alpha value is -2.05. The minimum Gasteiger partial charge on any atom is -0.500 e. The standard InChI is InChI=1S/C18H29NO6/c1-6-24-11-13(16(21)25-7-2)15(20)12-8-9-19(17(22)23)14(10-12)18(3,4)5/h11-12,14H,6-10H2,1-5H3,(H,22,23)/b13-11-. The first-order valence-electron chi connectivity index (χ1n) is 8.66. The number of carbonyl (C=O) groups is 3. The molecule has 1 fully saturated rings. The average Bonchev–Trinajstić information content (AvgIpc) is 2.53. The molecule has 0 aromatic heterocycles. The van der Waals surface area contributed by atoms with Crippen LogP contribution in [0.25, 0.3) is 0 Å². The third kappa shape index (κ3) is 5.47. The maximum Gasteiger partial charge on any atom is 0.407 e. The summed E-state index contributed by atoms with van der Waals surface area (Å²) in [6.45, 7) is 10.0. The van der Waals surface area contributed by atoms with Crippen LogP contribution in [0.15, 0.2) is 11.8 Å². The molecule has 7 nitrogen and oxygen atoms in total. The summed E-state index contributed by atoms with van der Waals surface area (Å²) in [5.41, 5.74) is -0.421. The number of carboxylic acid groups (broad SMARTS) is 1. The van der Waals surface area contributed by atoms with Crippen molar-refractivity contribution >= 4 is 17.8 Å². The van der Waals surface area contributed by atoms with Gasteiger partial charge in [-0.15, -0.1) is 0 Å². The lowest BCUT2D eigenvalue weighted by atomic mass is 9.75. The van der Waals surface area contributed by atoms with Crippen molar-refractivity contribution in [1.29, 1.82) is 0 Å². The summed E-state index contributed by atoms with van der Waals surface area (Å²) in [4.78, 5) is 37.8. The maximum atomic E-state index is 12.9. The summed E-state index contributed by atoms with van der Waals surface area (Å²) in [7, 11) is 0. The van der Waals surface area contributed by atoms with E-state index in [4.69, 9.17) is 9.47 Å². The first-order valence-corrected chi connectivity index (χ1v) is 8.66. The van der Waals surface area contributed by atoms with Crippen molar-refractivity contribution in [3.63, 3.8) is 0 Å². The molecule has 0 spiro atoms. The third-order valence-electron chi connectivity index (χ3n) is 4.35. The number of nitrogens with zero attached hydrogens (tertiary/aromatic N) is 1. The molecule has 2 unspecified atom stereocenters. The van der Waals surface area contributed by atoms with Crippen LogP contribution in [0, 0.1) is 11.3 Å². The van der Waals surface area contributed by atoms with Crippen LogP contribution in [0.1, 0.15) is 47.5 Å².